The first kappa shape index (κ1) is 31.1. The van der Waals surface area contributed by atoms with Gasteiger partial charge in [0.05, 0.1) is 22.1 Å². The molecule has 4 amide bonds. The van der Waals surface area contributed by atoms with Gasteiger partial charge in [0.25, 0.3) is 0 Å². The average molecular weight is 757 g/mol. The van der Waals surface area contributed by atoms with Gasteiger partial charge in [0.2, 0.25) is 0 Å². The van der Waals surface area contributed by atoms with Gasteiger partial charge in [-0.3, -0.25) is 40.9 Å². The van der Waals surface area contributed by atoms with Gasteiger partial charge in [-0.1, -0.05) is 91.5 Å². The summed E-state index contributed by atoms with van der Waals surface area (Å²) >= 11 is 19.8. The topological polar surface area (TPSA) is 141 Å². The third-order valence-electron chi connectivity index (χ3n) is 6.18. The van der Waals surface area contributed by atoms with Crippen LogP contribution >= 0.6 is 55.1 Å². The van der Waals surface area contributed by atoms with Gasteiger partial charge in [0.15, 0.2) is 0 Å². The predicted octanol–water partition coefficient (Wildman–Crippen LogP) is 2.08. The van der Waals surface area contributed by atoms with Crippen LogP contribution in [0.25, 0.3) is 11.4 Å². The van der Waals surface area contributed by atoms with Crippen LogP contribution in [-0.4, -0.2) is 23.6 Å². The summed E-state index contributed by atoms with van der Waals surface area (Å²) in [6.07, 6.45) is 0. The molecule has 0 saturated heterocycles. The van der Waals surface area contributed by atoms with Crippen LogP contribution in [0.2, 0.25) is 10.0 Å². The summed E-state index contributed by atoms with van der Waals surface area (Å²) in [4.78, 5) is 60.5. The van der Waals surface area contributed by atoms with Gasteiger partial charge in [-0.15, -0.1) is 0 Å². The molecule has 0 aromatic heterocycles. The van der Waals surface area contributed by atoms with Gasteiger partial charge in [-0.2, -0.15) is 0 Å². The second kappa shape index (κ2) is 13.5. The highest BCUT2D eigenvalue weighted by molar-refractivity contribution is 9.10. The number of benzene rings is 4. The van der Waals surface area contributed by atoms with Crippen LogP contribution in [0.4, 0.5) is 0 Å². The van der Waals surface area contributed by atoms with Crippen molar-refractivity contribution in [3.05, 3.63) is 136 Å². The number of carbonyl (C=O) groups excluding carboxylic acids is 4. The van der Waals surface area contributed by atoms with Crippen LogP contribution in [0.3, 0.4) is 0 Å². The normalized spacial score (nSPS) is 16.6. The van der Waals surface area contributed by atoms with Crippen LogP contribution in [0, 0.1) is 0 Å². The number of hydrogen-bond acceptors (Lipinski definition) is 6. The molecule has 44 heavy (non-hydrogen) atoms. The van der Waals surface area contributed by atoms with E-state index in [1.165, 1.54) is 12.1 Å². The molecule has 0 unspecified atom stereocenters. The molecular formula is C30H18Br2Cl2N6O4. The largest absolute Gasteiger partial charge is 0.337 e. The smallest absolute Gasteiger partial charge is 0.297 e. The van der Waals surface area contributed by atoms with E-state index in [-0.39, 0.29) is 42.6 Å². The second-order valence-corrected chi connectivity index (χ2v) is 11.7. The van der Waals surface area contributed by atoms with Crippen molar-refractivity contribution < 1.29 is 19.2 Å². The molecule has 4 aromatic carbocycles. The predicted molar refractivity (Wildman–Crippen MR) is 170 cm³/mol. The molecule has 0 saturated carbocycles. The summed E-state index contributed by atoms with van der Waals surface area (Å²) in [6.45, 7) is 0. The van der Waals surface area contributed by atoms with E-state index in [2.05, 4.69) is 63.5 Å². The zero-order valence-electron chi connectivity index (χ0n) is 22.1. The minimum Gasteiger partial charge on any atom is -0.297 e. The lowest BCUT2D eigenvalue weighted by Gasteiger charge is -2.16. The molecule has 0 aliphatic carbocycles. The van der Waals surface area contributed by atoms with Crippen molar-refractivity contribution >= 4 is 90.1 Å². The number of hydrogen-bond donors (Lipinski definition) is 4. The number of amides is 4. The Morgan fingerprint density at radius 3 is 1.30 bits per heavy atom. The van der Waals surface area contributed by atoms with Gasteiger partial charge in [0.1, 0.15) is 0 Å². The Hall–Kier alpha value is -4.36. The highest BCUT2D eigenvalue weighted by atomic mass is 79.9. The van der Waals surface area contributed by atoms with Crippen molar-refractivity contribution in [3.8, 4) is 0 Å². The van der Waals surface area contributed by atoms with E-state index >= 15 is 0 Å². The SMILES string of the molecule is O=C1N=c2ccc(Br)c/c2=C(\c2ccccc2Cl)NNC(=O)C(=O)NN/C(c2ccccc2Cl)=c2/cc(Br)ccc2=NC1=O. The molecule has 5 rings (SSSR count). The Balaban J connectivity index is 1.82. The van der Waals surface area contributed by atoms with Crippen molar-refractivity contribution in [2.45, 2.75) is 0 Å². The molecule has 0 spiro atoms. The van der Waals surface area contributed by atoms with E-state index in [1.54, 1.807) is 72.8 Å². The molecule has 0 bridgehead atoms. The summed E-state index contributed by atoms with van der Waals surface area (Å²) in [5.74, 6) is -4.46. The van der Waals surface area contributed by atoms with Gasteiger partial charge in [0, 0.05) is 40.6 Å². The zero-order valence-corrected chi connectivity index (χ0v) is 26.8. The van der Waals surface area contributed by atoms with E-state index < -0.39 is 23.6 Å². The van der Waals surface area contributed by atoms with Gasteiger partial charge in [-0.05, 0) is 48.5 Å². The Labute approximate surface area is 275 Å². The second-order valence-electron chi connectivity index (χ2n) is 9.02. The fraction of sp³-hybridized carbons (Fsp3) is 0. The van der Waals surface area contributed by atoms with Gasteiger partial charge in [-0.25, -0.2) is 9.98 Å². The maximum atomic E-state index is 13.2. The van der Waals surface area contributed by atoms with Crippen LogP contribution < -0.4 is 42.9 Å². The number of halogens is 4. The fourth-order valence-electron chi connectivity index (χ4n) is 4.17. The summed E-state index contributed by atoms with van der Waals surface area (Å²) in [6, 6.07) is 22.8. The number of rotatable bonds is 2. The summed E-state index contributed by atoms with van der Waals surface area (Å²) in [7, 11) is 0. The van der Waals surface area contributed by atoms with Crippen LogP contribution in [0.15, 0.2) is 104 Å². The van der Waals surface area contributed by atoms with E-state index in [0.29, 0.717) is 20.1 Å². The maximum absolute atomic E-state index is 13.2. The van der Waals surface area contributed by atoms with E-state index in [1.807, 2.05) is 0 Å². The minimum absolute atomic E-state index is 0.0657. The van der Waals surface area contributed by atoms with Crippen molar-refractivity contribution in [1.82, 2.24) is 21.7 Å². The Kier molecular flexibility index (Phi) is 9.55. The number of nitrogens with one attached hydrogen (secondary N) is 4. The lowest BCUT2D eigenvalue weighted by molar-refractivity contribution is -0.139. The molecule has 14 heteroatoms. The molecule has 4 aromatic rings. The van der Waals surface area contributed by atoms with E-state index in [4.69, 9.17) is 23.2 Å². The van der Waals surface area contributed by atoms with Gasteiger partial charge < -0.3 is 0 Å². The summed E-state index contributed by atoms with van der Waals surface area (Å²) in [5, 5.41) is 1.26. The van der Waals surface area contributed by atoms with Crippen molar-refractivity contribution in [1.29, 1.82) is 0 Å². The highest BCUT2D eigenvalue weighted by Gasteiger charge is 2.19. The number of carbonyl (C=O) groups is 4. The van der Waals surface area contributed by atoms with Crippen molar-refractivity contribution in [2.24, 2.45) is 9.98 Å². The molecule has 10 nitrogen and oxygen atoms in total. The standard InChI is InChI=1S/C30H18Br2Cl2N6O4/c31-15-9-11-23-19(13-15)25(17-5-1-3-7-21(17)33)37-39-29(43)30(44)40-38-26(18-6-2-4-8-22(18)34)20-14-16(32)10-12-24(20)36-28(42)27(41)35-23/h1-14,37-38H,(H,39,43)(H,40,44)/b25-19-,26-20-,35-23?,36-24?. The molecule has 0 radical (unpaired) electrons. The minimum atomic E-state index is -1.15. The molecule has 1 heterocycles. The van der Waals surface area contributed by atoms with Gasteiger partial charge >= 0.3 is 23.6 Å². The first-order valence-corrected chi connectivity index (χ1v) is 14.9. The molecule has 1 aliphatic heterocycles. The third-order valence-corrected chi connectivity index (χ3v) is 7.82. The fourth-order valence-corrected chi connectivity index (χ4v) is 5.35. The quantitative estimate of drug-likeness (QED) is 0.231. The van der Waals surface area contributed by atoms with E-state index in [0.717, 1.165) is 0 Å². The zero-order chi connectivity index (χ0) is 31.4. The number of fused-ring (bicyclic) bond motifs is 2. The first-order valence-electron chi connectivity index (χ1n) is 12.6. The molecule has 4 N–H and O–H groups in total. The summed E-state index contributed by atoms with van der Waals surface area (Å²) < 4.78 is 1.18. The van der Waals surface area contributed by atoms with Crippen molar-refractivity contribution in [2.75, 3.05) is 0 Å². The molecule has 0 atom stereocenters. The Morgan fingerprint density at radius 2 is 0.909 bits per heavy atom. The lowest BCUT2D eigenvalue weighted by atomic mass is 10.1. The maximum Gasteiger partial charge on any atom is 0.337 e. The molecule has 1 aliphatic rings. The molecule has 220 valence electrons. The Bertz CT molecular complexity index is 1970. The van der Waals surface area contributed by atoms with E-state index in [9.17, 15) is 19.2 Å². The third kappa shape index (κ3) is 6.89. The monoisotopic (exact) mass is 754 g/mol. The van der Waals surface area contributed by atoms with Crippen LogP contribution in [-0.2, 0) is 19.2 Å². The lowest BCUT2D eigenvalue weighted by Crippen LogP contribution is -2.51. The number of nitrogens with zero attached hydrogens (tertiary/aromatic N) is 2. The average Bonchev–Trinajstić information content (AvgIpc) is 3.00. The van der Waals surface area contributed by atoms with Crippen molar-refractivity contribution in [3.63, 3.8) is 0 Å². The number of hydrazine groups is 2. The Morgan fingerprint density at radius 1 is 0.523 bits per heavy atom. The molecular weight excluding hydrogens is 739 g/mol. The highest BCUT2D eigenvalue weighted by Crippen LogP contribution is 2.21. The summed E-state index contributed by atoms with van der Waals surface area (Å²) in [5.41, 5.74) is 11.4. The molecule has 0 fully saturated rings. The van der Waals surface area contributed by atoms with Crippen LogP contribution in [0.5, 0.6) is 0 Å². The van der Waals surface area contributed by atoms with Crippen LogP contribution in [0.1, 0.15) is 11.1 Å². The first-order chi connectivity index (χ1) is 21.1.